The number of piperidine rings is 1. The Balaban J connectivity index is 2.48. The zero-order valence-corrected chi connectivity index (χ0v) is 13.1. The zero-order chi connectivity index (χ0) is 13.8. The molecule has 0 aromatic rings. The maximum Gasteiger partial charge on any atom is 0.0120 e. The summed E-state index contributed by atoms with van der Waals surface area (Å²) in [6, 6.07) is 1.46. The van der Waals surface area contributed by atoms with Gasteiger partial charge in [0.2, 0.25) is 0 Å². The van der Waals surface area contributed by atoms with Crippen molar-refractivity contribution in [1.29, 1.82) is 0 Å². The van der Waals surface area contributed by atoms with Crippen LogP contribution in [-0.4, -0.2) is 54.6 Å². The summed E-state index contributed by atoms with van der Waals surface area (Å²) in [4.78, 5) is 5.24. The van der Waals surface area contributed by atoms with Gasteiger partial charge < -0.3 is 10.6 Å². The van der Waals surface area contributed by atoms with E-state index in [9.17, 15) is 0 Å². The summed E-state index contributed by atoms with van der Waals surface area (Å²) in [6.07, 6.45) is 2.62. The van der Waals surface area contributed by atoms with Gasteiger partial charge in [-0.05, 0) is 58.3 Å². The van der Waals surface area contributed by atoms with Crippen LogP contribution in [0.3, 0.4) is 0 Å². The number of likely N-dealkylation sites (tertiary alicyclic amines) is 1. The van der Waals surface area contributed by atoms with Crippen molar-refractivity contribution in [3.05, 3.63) is 0 Å². The highest BCUT2D eigenvalue weighted by Gasteiger charge is 2.28. The van der Waals surface area contributed by atoms with E-state index in [-0.39, 0.29) is 5.41 Å². The molecular formula is C15H33N3. The van der Waals surface area contributed by atoms with Crippen molar-refractivity contribution in [3.63, 3.8) is 0 Å². The first-order valence-electron chi connectivity index (χ1n) is 7.57. The van der Waals surface area contributed by atoms with Crippen LogP contribution in [0.15, 0.2) is 0 Å². The highest BCUT2D eigenvalue weighted by molar-refractivity contribution is 4.84. The minimum Gasteiger partial charge on any atom is -0.330 e. The molecule has 1 heterocycles. The number of hydrogen-bond donors (Lipinski definition) is 1. The molecular weight excluding hydrogens is 222 g/mol. The predicted molar refractivity (Wildman–Crippen MR) is 79.8 cm³/mol. The van der Waals surface area contributed by atoms with Crippen LogP contribution < -0.4 is 5.73 Å². The number of nitrogens with two attached hydrogens (primary N) is 1. The molecule has 108 valence electrons. The Hall–Kier alpha value is -0.120. The molecule has 1 aliphatic heterocycles. The average molecular weight is 255 g/mol. The minimum absolute atomic E-state index is 0.241. The summed E-state index contributed by atoms with van der Waals surface area (Å²) < 4.78 is 0. The first kappa shape index (κ1) is 15.9. The molecule has 2 N–H and O–H groups in total. The Bertz CT molecular complexity index is 230. The van der Waals surface area contributed by atoms with Gasteiger partial charge in [-0.15, -0.1) is 0 Å². The molecule has 3 nitrogen and oxygen atoms in total. The van der Waals surface area contributed by atoms with Crippen LogP contribution in [-0.2, 0) is 0 Å². The quantitative estimate of drug-likeness (QED) is 0.789. The van der Waals surface area contributed by atoms with E-state index in [1.54, 1.807) is 0 Å². The molecule has 0 atom stereocenters. The van der Waals surface area contributed by atoms with Crippen molar-refractivity contribution in [2.45, 2.75) is 59.5 Å². The van der Waals surface area contributed by atoms with Gasteiger partial charge in [0.25, 0.3) is 0 Å². The summed E-state index contributed by atoms with van der Waals surface area (Å²) >= 11 is 0. The highest BCUT2D eigenvalue weighted by atomic mass is 15.2. The van der Waals surface area contributed by atoms with Crippen molar-refractivity contribution in [1.82, 2.24) is 9.80 Å². The molecule has 0 amide bonds. The van der Waals surface area contributed by atoms with Gasteiger partial charge in [-0.25, -0.2) is 0 Å². The smallest absolute Gasteiger partial charge is 0.0120 e. The lowest BCUT2D eigenvalue weighted by Gasteiger charge is -2.42. The summed E-state index contributed by atoms with van der Waals surface area (Å²) in [5.74, 6) is 0. The monoisotopic (exact) mass is 255 g/mol. The van der Waals surface area contributed by atoms with Crippen LogP contribution >= 0.6 is 0 Å². The van der Waals surface area contributed by atoms with Crippen molar-refractivity contribution in [2.75, 3.05) is 32.7 Å². The van der Waals surface area contributed by atoms with E-state index in [0.717, 1.165) is 25.7 Å². The Labute approximate surface area is 114 Å². The normalized spacial score (nSPS) is 20.0. The molecule has 1 aliphatic rings. The van der Waals surface area contributed by atoms with Crippen LogP contribution in [0.5, 0.6) is 0 Å². The molecule has 0 aliphatic carbocycles. The molecule has 1 fully saturated rings. The lowest BCUT2D eigenvalue weighted by atomic mass is 9.91. The average Bonchev–Trinajstić information content (AvgIpc) is 2.36. The van der Waals surface area contributed by atoms with E-state index in [4.69, 9.17) is 5.73 Å². The van der Waals surface area contributed by atoms with Crippen LogP contribution in [0.25, 0.3) is 0 Å². The Morgan fingerprint density at radius 3 is 2.22 bits per heavy atom. The van der Waals surface area contributed by atoms with Gasteiger partial charge in [0.1, 0.15) is 0 Å². The van der Waals surface area contributed by atoms with Gasteiger partial charge >= 0.3 is 0 Å². The van der Waals surface area contributed by atoms with E-state index >= 15 is 0 Å². The third kappa shape index (κ3) is 4.52. The fourth-order valence-electron chi connectivity index (χ4n) is 2.88. The number of hydrogen-bond acceptors (Lipinski definition) is 3. The van der Waals surface area contributed by atoms with Gasteiger partial charge in [0.15, 0.2) is 0 Å². The molecule has 0 aromatic heterocycles. The number of nitrogens with zero attached hydrogens (tertiary/aromatic N) is 2. The van der Waals surface area contributed by atoms with Crippen molar-refractivity contribution in [3.8, 4) is 0 Å². The fraction of sp³-hybridized carbons (Fsp3) is 1.00. The van der Waals surface area contributed by atoms with Gasteiger partial charge in [0, 0.05) is 18.6 Å². The van der Waals surface area contributed by atoms with Gasteiger partial charge in [-0.1, -0.05) is 20.8 Å². The molecule has 18 heavy (non-hydrogen) atoms. The summed E-state index contributed by atoms with van der Waals surface area (Å²) in [7, 11) is 0. The lowest BCUT2D eigenvalue weighted by molar-refractivity contribution is 0.0713. The zero-order valence-electron chi connectivity index (χ0n) is 13.1. The molecule has 0 unspecified atom stereocenters. The third-order valence-electron chi connectivity index (χ3n) is 4.34. The standard InChI is InChI=1S/C15H33N3/c1-6-17(12-15(4,5)11-16)14-7-9-18(10-8-14)13(2)3/h13-14H,6-12,16H2,1-5H3. The van der Waals surface area contributed by atoms with Crippen LogP contribution in [0.2, 0.25) is 0 Å². The SMILES string of the molecule is CCN(CC(C)(C)CN)C1CCN(C(C)C)CC1. The lowest BCUT2D eigenvalue weighted by Crippen LogP contribution is -2.50. The maximum atomic E-state index is 5.87. The van der Waals surface area contributed by atoms with E-state index in [1.165, 1.54) is 25.9 Å². The van der Waals surface area contributed by atoms with E-state index in [2.05, 4.69) is 44.4 Å². The minimum atomic E-state index is 0.241. The van der Waals surface area contributed by atoms with E-state index in [0.29, 0.717) is 6.04 Å². The second-order valence-corrected chi connectivity index (χ2v) is 6.79. The first-order valence-corrected chi connectivity index (χ1v) is 7.57. The van der Waals surface area contributed by atoms with Crippen molar-refractivity contribution in [2.24, 2.45) is 11.1 Å². The molecule has 0 radical (unpaired) electrons. The topological polar surface area (TPSA) is 32.5 Å². The first-order chi connectivity index (χ1) is 8.39. The van der Waals surface area contributed by atoms with Gasteiger partial charge in [0.05, 0.1) is 0 Å². The number of rotatable bonds is 6. The van der Waals surface area contributed by atoms with Crippen LogP contribution in [0.4, 0.5) is 0 Å². The van der Waals surface area contributed by atoms with Gasteiger partial charge in [-0.3, -0.25) is 4.90 Å². The third-order valence-corrected chi connectivity index (χ3v) is 4.34. The Morgan fingerprint density at radius 2 is 1.83 bits per heavy atom. The maximum absolute atomic E-state index is 5.87. The molecule has 0 aromatic carbocycles. The predicted octanol–water partition coefficient (Wildman–Crippen LogP) is 2.17. The van der Waals surface area contributed by atoms with Crippen LogP contribution in [0.1, 0.15) is 47.5 Å². The summed E-state index contributed by atoms with van der Waals surface area (Å²) in [6.45, 7) is 17.0. The van der Waals surface area contributed by atoms with Crippen LogP contribution in [0, 0.1) is 5.41 Å². The second-order valence-electron chi connectivity index (χ2n) is 6.79. The second kappa shape index (κ2) is 6.88. The summed E-state index contributed by atoms with van der Waals surface area (Å²) in [5.41, 5.74) is 6.11. The molecule has 0 spiro atoms. The van der Waals surface area contributed by atoms with E-state index < -0.39 is 0 Å². The molecule has 3 heteroatoms. The van der Waals surface area contributed by atoms with Crippen molar-refractivity contribution >= 4 is 0 Å². The molecule has 0 saturated carbocycles. The highest BCUT2D eigenvalue weighted by Crippen LogP contribution is 2.22. The van der Waals surface area contributed by atoms with E-state index in [1.807, 2.05) is 0 Å². The molecule has 1 rings (SSSR count). The Kier molecular flexibility index (Phi) is 6.09. The van der Waals surface area contributed by atoms with Crippen molar-refractivity contribution < 1.29 is 0 Å². The summed E-state index contributed by atoms with van der Waals surface area (Å²) in [5, 5.41) is 0. The largest absolute Gasteiger partial charge is 0.330 e. The molecule has 0 bridgehead atoms. The van der Waals surface area contributed by atoms with Gasteiger partial charge in [-0.2, -0.15) is 0 Å². The Morgan fingerprint density at radius 1 is 1.28 bits per heavy atom. The fourth-order valence-corrected chi connectivity index (χ4v) is 2.88. The molecule has 1 saturated heterocycles.